The second kappa shape index (κ2) is 7.63. The van der Waals surface area contributed by atoms with E-state index in [0.29, 0.717) is 25.4 Å². The number of rotatable bonds is 5. The van der Waals surface area contributed by atoms with Crippen LogP contribution in [-0.2, 0) is 16.1 Å². The van der Waals surface area contributed by atoms with Crippen molar-refractivity contribution in [3.05, 3.63) is 66.4 Å². The van der Waals surface area contributed by atoms with E-state index in [2.05, 4.69) is 15.3 Å². The van der Waals surface area contributed by atoms with Crippen LogP contribution >= 0.6 is 0 Å². The van der Waals surface area contributed by atoms with Gasteiger partial charge < -0.3 is 19.2 Å². The molecule has 1 saturated heterocycles. The number of amides is 1. The van der Waals surface area contributed by atoms with E-state index in [1.807, 2.05) is 34.9 Å². The van der Waals surface area contributed by atoms with Gasteiger partial charge in [0.1, 0.15) is 5.65 Å². The van der Waals surface area contributed by atoms with Gasteiger partial charge in [-0.3, -0.25) is 9.78 Å². The Morgan fingerprint density at radius 1 is 1.27 bits per heavy atom. The average molecular weight is 352 g/mol. The molecule has 2 atom stereocenters. The summed E-state index contributed by atoms with van der Waals surface area (Å²) in [5.41, 5.74) is 2.25. The number of hydrogen-bond acceptors (Lipinski definition) is 5. The predicted octanol–water partition coefficient (Wildman–Crippen LogP) is 1.83. The molecular formula is C19H20N4O3. The highest BCUT2D eigenvalue weighted by molar-refractivity contribution is 5.94. The molecule has 1 fully saturated rings. The Kier molecular flexibility index (Phi) is 4.90. The van der Waals surface area contributed by atoms with Gasteiger partial charge in [-0.15, -0.1) is 0 Å². The summed E-state index contributed by atoms with van der Waals surface area (Å²) in [6, 6.07) is 9.12. The number of aromatic nitrogens is 3. The molecule has 0 bridgehead atoms. The third-order valence-corrected chi connectivity index (χ3v) is 4.43. The Labute approximate surface area is 151 Å². The summed E-state index contributed by atoms with van der Waals surface area (Å²) in [4.78, 5) is 21.1. The van der Waals surface area contributed by atoms with Crippen molar-refractivity contribution in [2.24, 2.45) is 0 Å². The van der Waals surface area contributed by atoms with E-state index in [-0.39, 0.29) is 18.1 Å². The number of ether oxygens (including phenoxy) is 2. The lowest BCUT2D eigenvalue weighted by Gasteiger charge is -2.32. The minimum atomic E-state index is -0.196. The molecule has 26 heavy (non-hydrogen) atoms. The average Bonchev–Trinajstić information content (AvgIpc) is 3.16. The molecule has 0 unspecified atom stereocenters. The number of imidazole rings is 1. The molecule has 1 N–H and O–H groups in total. The maximum atomic E-state index is 12.6. The van der Waals surface area contributed by atoms with Crippen LogP contribution in [0.4, 0.5) is 0 Å². The smallest absolute Gasteiger partial charge is 0.253 e. The van der Waals surface area contributed by atoms with Crippen molar-refractivity contribution in [1.82, 2.24) is 19.7 Å². The molecule has 4 rings (SSSR count). The topological polar surface area (TPSA) is 77.8 Å². The molecule has 0 radical (unpaired) electrons. The lowest BCUT2D eigenvalue weighted by molar-refractivity contribution is -0.0612. The van der Waals surface area contributed by atoms with Crippen LogP contribution in [0.2, 0.25) is 0 Å². The van der Waals surface area contributed by atoms with Gasteiger partial charge in [-0.2, -0.15) is 0 Å². The van der Waals surface area contributed by atoms with Crippen LogP contribution in [-0.4, -0.2) is 45.6 Å². The van der Waals surface area contributed by atoms with Crippen molar-refractivity contribution in [2.75, 3.05) is 13.2 Å². The maximum Gasteiger partial charge on any atom is 0.253 e. The van der Waals surface area contributed by atoms with E-state index in [9.17, 15) is 4.79 Å². The predicted molar refractivity (Wildman–Crippen MR) is 94.7 cm³/mol. The zero-order chi connectivity index (χ0) is 17.8. The summed E-state index contributed by atoms with van der Waals surface area (Å²) in [6.45, 7) is 1.48. The lowest BCUT2D eigenvalue weighted by atomic mass is 10.1. The first-order chi connectivity index (χ1) is 12.8. The fourth-order valence-electron chi connectivity index (χ4n) is 3.03. The van der Waals surface area contributed by atoms with Crippen molar-refractivity contribution in [1.29, 1.82) is 0 Å². The van der Waals surface area contributed by atoms with Crippen LogP contribution in [0.25, 0.3) is 5.65 Å². The number of nitrogens with one attached hydrogen (secondary N) is 1. The molecule has 0 aliphatic carbocycles. The summed E-state index contributed by atoms with van der Waals surface area (Å²) in [5.74, 6) is -0.150. The zero-order valence-corrected chi connectivity index (χ0v) is 14.2. The van der Waals surface area contributed by atoms with E-state index in [1.165, 1.54) is 0 Å². The molecule has 0 aromatic carbocycles. The quantitative estimate of drug-likeness (QED) is 0.758. The van der Waals surface area contributed by atoms with Gasteiger partial charge in [0.05, 0.1) is 36.6 Å². The fraction of sp³-hybridized carbons (Fsp3) is 0.316. The number of fused-ring (bicyclic) bond motifs is 1. The van der Waals surface area contributed by atoms with Gasteiger partial charge in [-0.05, 0) is 30.7 Å². The normalized spacial score (nSPS) is 20.2. The first-order valence-electron chi connectivity index (χ1n) is 8.62. The second-order valence-electron chi connectivity index (χ2n) is 6.22. The molecule has 3 aromatic heterocycles. The van der Waals surface area contributed by atoms with Gasteiger partial charge in [0.25, 0.3) is 5.91 Å². The number of carbonyl (C=O) groups excluding carboxylic acids is 1. The standard InChI is InChI=1S/C19H20N4O3/c24-19(14-4-5-18-21-8-9-23(18)11-14)22-16-13-25-10-6-17(16)26-12-15-3-1-2-7-20-15/h1-5,7-9,11,16-17H,6,10,12-13H2,(H,22,24)/t16-,17-/m1/s1. The highest BCUT2D eigenvalue weighted by Crippen LogP contribution is 2.15. The summed E-state index contributed by atoms with van der Waals surface area (Å²) >= 11 is 0. The Bertz CT molecular complexity index is 881. The molecular weight excluding hydrogens is 332 g/mol. The lowest BCUT2D eigenvalue weighted by Crippen LogP contribution is -2.50. The highest BCUT2D eigenvalue weighted by Gasteiger charge is 2.28. The van der Waals surface area contributed by atoms with Crippen molar-refractivity contribution < 1.29 is 14.3 Å². The van der Waals surface area contributed by atoms with Crippen LogP contribution in [0, 0.1) is 0 Å². The maximum absolute atomic E-state index is 12.6. The SMILES string of the molecule is O=C(N[C@@H]1COCC[C@H]1OCc1ccccn1)c1ccc2nccn2c1. The molecule has 0 saturated carbocycles. The highest BCUT2D eigenvalue weighted by atomic mass is 16.5. The van der Waals surface area contributed by atoms with Crippen LogP contribution in [0.5, 0.6) is 0 Å². The summed E-state index contributed by atoms with van der Waals surface area (Å²) in [5, 5.41) is 3.04. The Morgan fingerprint density at radius 2 is 2.23 bits per heavy atom. The molecule has 4 heterocycles. The number of pyridine rings is 2. The third kappa shape index (κ3) is 3.74. The van der Waals surface area contributed by atoms with Crippen molar-refractivity contribution in [3.63, 3.8) is 0 Å². The Balaban J connectivity index is 1.41. The Morgan fingerprint density at radius 3 is 3.12 bits per heavy atom. The summed E-state index contributed by atoms with van der Waals surface area (Å²) < 4.78 is 13.4. The van der Waals surface area contributed by atoms with Gasteiger partial charge in [-0.25, -0.2) is 4.98 Å². The molecule has 1 aliphatic rings. The van der Waals surface area contributed by atoms with Gasteiger partial charge in [0.2, 0.25) is 0 Å². The van der Waals surface area contributed by atoms with E-state index in [4.69, 9.17) is 9.47 Å². The number of hydrogen-bond donors (Lipinski definition) is 1. The van der Waals surface area contributed by atoms with Gasteiger partial charge in [0, 0.05) is 31.4 Å². The summed E-state index contributed by atoms with van der Waals surface area (Å²) in [6.07, 6.45) is 7.66. The Hall–Kier alpha value is -2.77. The van der Waals surface area contributed by atoms with Crippen LogP contribution in [0.15, 0.2) is 55.1 Å². The van der Waals surface area contributed by atoms with E-state index in [1.54, 1.807) is 24.7 Å². The molecule has 134 valence electrons. The largest absolute Gasteiger partial charge is 0.379 e. The van der Waals surface area contributed by atoms with Crippen LogP contribution < -0.4 is 5.32 Å². The number of carbonyl (C=O) groups is 1. The van der Waals surface area contributed by atoms with Crippen LogP contribution in [0.3, 0.4) is 0 Å². The minimum Gasteiger partial charge on any atom is -0.379 e. The van der Waals surface area contributed by atoms with E-state index in [0.717, 1.165) is 17.8 Å². The van der Waals surface area contributed by atoms with Gasteiger partial charge in [-0.1, -0.05) is 6.07 Å². The minimum absolute atomic E-state index is 0.105. The first-order valence-corrected chi connectivity index (χ1v) is 8.62. The second-order valence-corrected chi connectivity index (χ2v) is 6.22. The molecule has 7 nitrogen and oxygen atoms in total. The molecule has 0 spiro atoms. The first kappa shape index (κ1) is 16.7. The van der Waals surface area contributed by atoms with Gasteiger partial charge in [0.15, 0.2) is 0 Å². The molecule has 7 heteroatoms. The molecule has 3 aromatic rings. The zero-order valence-electron chi connectivity index (χ0n) is 14.2. The van der Waals surface area contributed by atoms with Crippen LogP contribution in [0.1, 0.15) is 22.5 Å². The fourth-order valence-corrected chi connectivity index (χ4v) is 3.03. The van der Waals surface area contributed by atoms with E-state index >= 15 is 0 Å². The van der Waals surface area contributed by atoms with Crippen molar-refractivity contribution in [3.8, 4) is 0 Å². The molecule has 1 aliphatic heterocycles. The molecule has 1 amide bonds. The third-order valence-electron chi connectivity index (χ3n) is 4.43. The van der Waals surface area contributed by atoms with Crippen molar-refractivity contribution >= 4 is 11.6 Å². The van der Waals surface area contributed by atoms with E-state index < -0.39 is 0 Å². The number of nitrogens with zero attached hydrogens (tertiary/aromatic N) is 3. The monoisotopic (exact) mass is 352 g/mol. The van der Waals surface area contributed by atoms with Crippen molar-refractivity contribution in [2.45, 2.75) is 25.2 Å². The van der Waals surface area contributed by atoms with Gasteiger partial charge >= 0.3 is 0 Å². The summed E-state index contributed by atoms with van der Waals surface area (Å²) in [7, 11) is 0.